The summed E-state index contributed by atoms with van der Waals surface area (Å²) in [4.78, 5) is -0.0502. The predicted octanol–water partition coefficient (Wildman–Crippen LogP) is 2.61. The van der Waals surface area contributed by atoms with Gasteiger partial charge in [-0.15, -0.1) is 0 Å². The fourth-order valence-corrected chi connectivity index (χ4v) is 4.82. The summed E-state index contributed by atoms with van der Waals surface area (Å²) in [5, 5.41) is 3.13. The van der Waals surface area contributed by atoms with Gasteiger partial charge in [0, 0.05) is 25.2 Å². The first-order valence-electron chi connectivity index (χ1n) is 7.64. The van der Waals surface area contributed by atoms with Crippen molar-refractivity contribution in [2.24, 2.45) is 0 Å². The van der Waals surface area contributed by atoms with E-state index in [0.29, 0.717) is 18.7 Å². The first-order valence-corrected chi connectivity index (χ1v) is 9.08. The van der Waals surface area contributed by atoms with Gasteiger partial charge >= 0.3 is 0 Å². The molecule has 1 fully saturated rings. The van der Waals surface area contributed by atoms with Gasteiger partial charge in [-0.05, 0) is 36.8 Å². The van der Waals surface area contributed by atoms with E-state index in [9.17, 15) is 17.2 Å². The van der Waals surface area contributed by atoms with Crippen LogP contribution in [0.3, 0.4) is 0 Å². The highest BCUT2D eigenvalue weighted by atomic mass is 32.2. The molecule has 0 bridgehead atoms. The molecule has 0 aliphatic carbocycles. The van der Waals surface area contributed by atoms with Crippen molar-refractivity contribution in [1.29, 1.82) is 0 Å². The Kier molecular flexibility index (Phi) is 4.67. The quantitative estimate of drug-likeness (QED) is 0.924. The zero-order valence-electron chi connectivity index (χ0n) is 13.2. The van der Waals surface area contributed by atoms with Gasteiger partial charge in [-0.2, -0.15) is 4.31 Å². The van der Waals surface area contributed by atoms with Crippen molar-refractivity contribution in [3.8, 4) is 0 Å². The summed E-state index contributed by atoms with van der Waals surface area (Å²) in [5.74, 6) is -0.981. The van der Waals surface area contributed by atoms with Crippen LogP contribution in [0.4, 0.5) is 8.78 Å². The van der Waals surface area contributed by atoms with Crippen LogP contribution in [0, 0.1) is 18.6 Å². The number of nitrogens with zero attached hydrogens (tertiary/aromatic N) is 1. The predicted molar refractivity (Wildman–Crippen MR) is 87.0 cm³/mol. The Morgan fingerprint density at radius 2 is 1.92 bits per heavy atom. The second kappa shape index (κ2) is 6.58. The summed E-state index contributed by atoms with van der Waals surface area (Å²) in [5.41, 5.74) is 0.661. The Labute approximate surface area is 140 Å². The molecule has 0 aromatic heterocycles. The van der Waals surface area contributed by atoms with Gasteiger partial charge in [0.2, 0.25) is 10.0 Å². The van der Waals surface area contributed by atoms with Crippen molar-refractivity contribution < 1.29 is 17.2 Å². The summed E-state index contributed by atoms with van der Waals surface area (Å²) >= 11 is 0. The number of hydrogen-bond donors (Lipinski definition) is 1. The van der Waals surface area contributed by atoms with Gasteiger partial charge in [0.05, 0.1) is 10.9 Å². The summed E-state index contributed by atoms with van der Waals surface area (Å²) in [6.45, 7) is 2.54. The Morgan fingerprint density at radius 3 is 2.67 bits per heavy atom. The molecule has 1 heterocycles. The van der Waals surface area contributed by atoms with E-state index in [1.165, 1.54) is 41.6 Å². The fourth-order valence-electron chi connectivity index (χ4n) is 2.96. The minimum atomic E-state index is -3.89. The maximum absolute atomic E-state index is 13.8. The summed E-state index contributed by atoms with van der Waals surface area (Å²) in [6.07, 6.45) is 0. The van der Waals surface area contributed by atoms with Crippen molar-refractivity contribution in [3.05, 3.63) is 65.2 Å². The van der Waals surface area contributed by atoms with Crippen LogP contribution in [0.2, 0.25) is 0 Å². The maximum Gasteiger partial charge on any atom is 0.244 e. The average molecular weight is 352 g/mol. The lowest BCUT2D eigenvalue weighted by molar-refractivity contribution is 0.271. The zero-order chi connectivity index (χ0) is 17.3. The van der Waals surface area contributed by atoms with Crippen molar-refractivity contribution in [2.45, 2.75) is 17.9 Å². The van der Waals surface area contributed by atoms with Gasteiger partial charge < -0.3 is 5.32 Å². The van der Waals surface area contributed by atoms with E-state index in [0.717, 1.165) is 0 Å². The third kappa shape index (κ3) is 3.07. The minimum Gasteiger partial charge on any atom is -0.313 e. The third-order valence-corrected chi connectivity index (χ3v) is 6.28. The Balaban J connectivity index is 2.05. The molecule has 0 amide bonds. The minimum absolute atomic E-state index is 0.0502. The van der Waals surface area contributed by atoms with E-state index in [1.54, 1.807) is 12.1 Å². The SMILES string of the molecule is Cc1c(F)cccc1S(=O)(=O)N1CCNCC1c1cccc(F)c1. The lowest BCUT2D eigenvalue weighted by Crippen LogP contribution is -2.48. The van der Waals surface area contributed by atoms with Gasteiger partial charge in [-0.3, -0.25) is 0 Å². The van der Waals surface area contributed by atoms with Crippen molar-refractivity contribution in [3.63, 3.8) is 0 Å². The second-order valence-corrected chi connectivity index (χ2v) is 7.61. The number of hydrogen-bond acceptors (Lipinski definition) is 3. The molecule has 24 heavy (non-hydrogen) atoms. The largest absolute Gasteiger partial charge is 0.313 e. The maximum atomic E-state index is 13.8. The molecule has 2 aromatic carbocycles. The van der Waals surface area contributed by atoms with E-state index >= 15 is 0 Å². The first-order chi connectivity index (χ1) is 11.4. The van der Waals surface area contributed by atoms with Crippen LogP contribution in [-0.4, -0.2) is 32.4 Å². The van der Waals surface area contributed by atoms with Crippen molar-refractivity contribution >= 4 is 10.0 Å². The lowest BCUT2D eigenvalue weighted by atomic mass is 10.1. The monoisotopic (exact) mass is 352 g/mol. The summed E-state index contributed by atoms with van der Waals surface area (Å²) < 4.78 is 54.8. The Bertz CT molecular complexity index is 855. The van der Waals surface area contributed by atoms with Crippen molar-refractivity contribution in [2.75, 3.05) is 19.6 Å². The van der Waals surface area contributed by atoms with Crippen LogP contribution in [0.15, 0.2) is 47.4 Å². The number of sulfonamides is 1. The second-order valence-electron chi connectivity index (χ2n) is 5.75. The number of halogens is 2. The molecule has 0 spiro atoms. The first kappa shape index (κ1) is 17.0. The van der Waals surface area contributed by atoms with Crippen LogP contribution in [0.25, 0.3) is 0 Å². The number of nitrogens with one attached hydrogen (secondary N) is 1. The number of piperazine rings is 1. The standard InChI is InChI=1S/C17H18F2N2O2S/c1-12-15(19)6-3-7-17(12)24(22,23)21-9-8-20-11-16(21)13-4-2-5-14(18)10-13/h2-7,10,16,20H,8-9,11H2,1H3. The summed E-state index contributed by atoms with van der Waals surface area (Å²) in [7, 11) is -3.89. The van der Waals surface area contributed by atoms with Crippen LogP contribution < -0.4 is 5.32 Å². The molecule has 1 aliphatic rings. The molecule has 1 unspecified atom stereocenters. The van der Waals surface area contributed by atoms with Crippen LogP contribution in [0.5, 0.6) is 0 Å². The van der Waals surface area contributed by atoms with Gasteiger partial charge in [-0.25, -0.2) is 17.2 Å². The van der Waals surface area contributed by atoms with Gasteiger partial charge in [0.15, 0.2) is 0 Å². The molecule has 3 rings (SSSR count). The topological polar surface area (TPSA) is 49.4 Å². The van der Waals surface area contributed by atoms with Crippen molar-refractivity contribution in [1.82, 2.24) is 9.62 Å². The highest BCUT2D eigenvalue weighted by Crippen LogP contribution is 2.31. The Hall–Kier alpha value is -1.83. The molecular formula is C17H18F2N2O2S. The fraction of sp³-hybridized carbons (Fsp3) is 0.294. The van der Waals surface area contributed by atoms with E-state index in [1.807, 2.05) is 0 Å². The molecule has 7 heteroatoms. The smallest absolute Gasteiger partial charge is 0.244 e. The molecule has 4 nitrogen and oxygen atoms in total. The number of benzene rings is 2. The highest BCUT2D eigenvalue weighted by molar-refractivity contribution is 7.89. The molecule has 1 aliphatic heterocycles. The molecule has 128 valence electrons. The van der Waals surface area contributed by atoms with Gasteiger partial charge in [-0.1, -0.05) is 18.2 Å². The Morgan fingerprint density at radius 1 is 1.17 bits per heavy atom. The normalized spacial score (nSPS) is 19.4. The van der Waals surface area contributed by atoms with Crippen LogP contribution in [-0.2, 0) is 10.0 Å². The molecule has 2 aromatic rings. The van der Waals surface area contributed by atoms with Gasteiger partial charge in [0.1, 0.15) is 11.6 Å². The van der Waals surface area contributed by atoms with Crippen LogP contribution >= 0.6 is 0 Å². The highest BCUT2D eigenvalue weighted by Gasteiger charge is 2.35. The van der Waals surface area contributed by atoms with Crippen LogP contribution in [0.1, 0.15) is 17.2 Å². The molecule has 1 saturated heterocycles. The molecule has 1 atom stereocenters. The molecule has 0 saturated carbocycles. The van der Waals surface area contributed by atoms with E-state index in [4.69, 9.17) is 0 Å². The third-order valence-electron chi connectivity index (χ3n) is 4.23. The zero-order valence-corrected chi connectivity index (χ0v) is 14.0. The van der Waals surface area contributed by atoms with E-state index in [2.05, 4.69) is 5.32 Å². The molecular weight excluding hydrogens is 334 g/mol. The molecule has 0 radical (unpaired) electrons. The number of rotatable bonds is 3. The average Bonchev–Trinajstić information content (AvgIpc) is 2.57. The molecule has 1 N–H and O–H groups in total. The lowest BCUT2D eigenvalue weighted by Gasteiger charge is -2.35. The van der Waals surface area contributed by atoms with Gasteiger partial charge in [0.25, 0.3) is 0 Å². The van der Waals surface area contributed by atoms with E-state index in [-0.39, 0.29) is 17.0 Å². The van der Waals surface area contributed by atoms with E-state index < -0.39 is 27.7 Å². The summed E-state index contributed by atoms with van der Waals surface area (Å²) in [6, 6.07) is 9.37.